The van der Waals surface area contributed by atoms with Crippen molar-refractivity contribution in [3.05, 3.63) is 12.2 Å². The number of hydrogen-bond acceptors (Lipinski definition) is 0. The number of allylic oxidation sites excluding steroid dienone is 2. The van der Waals surface area contributed by atoms with Gasteiger partial charge in [-0.1, -0.05) is 44.9 Å². The zero-order valence-corrected chi connectivity index (χ0v) is 9.52. The standard InChI is InChI=1S/C10H22Si/c1-3-5-6-7-8-9-10-11-4-2/h8-9H,3-7,10-11H2,1-2H3/b9-8+. The monoisotopic (exact) mass is 170 g/mol. The minimum Gasteiger partial charge on any atom is -0.0917 e. The molecule has 0 saturated heterocycles. The van der Waals surface area contributed by atoms with E-state index in [9.17, 15) is 0 Å². The fourth-order valence-electron chi connectivity index (χ4n) is 1.07. The van der Waals surface area contributed by atoms with Gasteiger partial charge in [-0.2, -0.15) is 0 Å². The van der Waals surface area contributed by atoms with Gasteiger partial charge in [-0.15, -0.1) is 0 Å². The third kappa shape index (κ3) is 9.96. The van der Waals surface area contributed by atoms with Gasteiger partial charge in [-0.3, -0.25) is 0 Å². The van der Waals surface area contributed by atoms with Gasteiger partial charge in [-0.05, 0) is 18.9 Å². The van der Waals surface area contributed by atoms with Crippen LogP contribution >= 0.6 is 0 Å². The molecule has 0 bridgehead atoms. The summed E-state index contributed by atoms with van der Waals surface area (Å²) in [6.07, 6.45) is 10.2. The van der Waals surface area contributed by atoms with Crippen LogP contribution in [0.3, 0.4) is 0 Å². The Kier molecular flexibility index (Phi) is 9.92. The van der Waals surface area contributed by atoms with Crippen LogP contribution in [0.2, 0.25) is 12.1 Å². The van der Waals surface area contributed by atoms with Crippen molar-refractivity contribution in [2.75, 3.05) is 0 Å². The molecular weight excluding hydrogens is 148 g/mol. The van der Waals surface area contributed by atoms with Crippen molar-refractivity contribution in [3.63, 3.8) is 0 Å². The molecule has 0 aliphatic heterocycles. The van der Waals surface area contributed by atoms with Crippen LogP contribution in [0.1, 0.15) is 39.5 Å². The van der Waals surface area contributed by atoms with Gasteiger partial charge in [0.25, 0.3) is 0 Å². The molecule has 0 aliphatic carbocycles. The molecule has 11 heavy (non-hydrogen) atoms. The van der Waals surface area contributed by atoms with Gasteiger partial charge >= 0.3 is 0 Å². The molecule has 0 radical (unpaired) electrons. The lowest BCUT2D eigenvalue weighted by Crippen LogP contribution is -1.80. The molecule has 1 heteroatoms. The highest BCUT2D eigenvalue weighted by atomic mass is 28.2. The van der Waals surface area contributed by atoms with Crippen LogP contribution in [0, 0.1) is 0 Å². The minimum absolute atomic E-state index is 0.295. The van der Waals surface area contributed by atoms with Crippen molar-refractivity contribution in [2.45, 2.75) is 51.6 Å². The van der Waals surface area contributed by atoms with E-state index in [1.165, 1.54) is 37.8 Å². The summed E-state index contributed by atoms with van der Waals surface area (Å²) in [5.41, 5.74) is 0. The average Bonchev–Trinajstić information content (AvgIpc) is 2.03. The maximum Gasteiger partial charge on any atom is 0.0237 e. The number of rotatable bonds is 7. The quantitative estimate of drug-likeness (QED) is 0.313. The maximum atomic E-state index is 2.39. The molecule has 0 spiro atoms. The molecule has 0 rings (SSSR count). The van der Waals surface area contributed by atoms with E-state index < -0.39 is 0 Å². The van der Waals surface area contributed by atoms with Gasteiger partial charge < -0.3 is 0 Å². The number of unbranched alkanes of at least 4 members (excludes halogenated alkanes) is 3. The van der Waals surface area contributed by atoms with Crippen LogP contribution in [0.25, 0.3) is 0 Å². The van der Waals surface area contributed by atoms with Gasteiger partial charge in [0.2, 0.25) is 0 Å². The Hall–Kier alpha value is -0.0431. The summed E-state index contributed by atoms with van der Waals surface area (Å²) in [5.74, 6) is 0. The summed E-state index contributed by atoms with van der Waals surface area (Å²) < 4.78 is 0. The summed E-state index contributed by atoms with van der Waals surface area (Å²) in [5, 5.41) is 0. The van der Waals surface area contributed by atoms with Gasteiger partial charge in [-0.25, -0.2) is 0 Å². The summed E-state index contributed by atoms with van der Waals surface area (Å²) in [7, 11) is 0.295. The Bertz CT molecular complexity index is 86.9. The smallest absolute Gasteiger partial charge is 0.0237 e. The Labute approximate surface area is 73.9 Å². The van der Waals surface area contributed by atoms with Crippen molar-refractivity contribution < 1.29 is 0 Å². The SMILES string of the molecule is CCCCC/C=C/C[SiH2]CC. The Morgan fingerprint density at radius 2 is 1.91 bits per heavy atom. The van der Waals surface area contributed by atoms with E-state index in [1.54, 1.807) is 0 Å². The summed E-state index contributed by atoms with van der Waals surface area (Å²) in [4.78, 5) is 0. The van der Waals surface area contributed by atoms with Gasteiger partial charge in [0, 0.05) is 9.52 Å². The number of hydrogen-bond donors (Lipinski definition) is 0. The van der Waals surface area contributed by atoms with E-state index in [1.807, 2.05) is 0 Å². The van der Waals surface area contributed by atoms with E-state index in [0.29, 0.717) is 9.52 Å². The van der Waals surface area contributed by atoms with E-state index in [2.05, 4.69) is 26.0 Å². The molecule has 0 aromatic heterocycles. The topological polar surface area (TPSA) is 0 Å². The van der Waals surface area contributed by atoms with Crippen molar-refractivity contribution in [3.8, 4) is 0 Å². The van der Waals surface area contributed by atoms with Crippen LogP contribution in [0.5, 0.6) is 0 Å². The summed E-state index contributed by atoms with van der Waals surface area (Å²) in [6.45, 7) is 4.56. The second kappa shape index (κ2) is 9.96. The predicted molar refractivity (Wildman–Crippen MR) is 57.1 cm³/mol. The van der Waals surface area contributed by atoms with Crippen LogP contribution in [0.4, 0.5) is 0 Å². The third-order valence-corrected chi connectivity index (χ3v) is 3.31. The molecular formula is C10H22Si. The molecule has 0 aliphatic rings. The molecule has 0 aromatic rings. The molecule has 0 fully saturated rings. The van der Waals surface area contributed by atoms with Crippen molar-refractivity contribution >= 4 is 9.52 Å². The maximum absolute atomic E-state index is 2.39. The normalized spacial score (nSPS) is 12.2. The Balaban J connectivity index is 2.91. The van der Waals surface area contributed by atoms with Crippen molar-refractivity contribution in [2.24, 2.45) is 0 Å². The van der Waals surface area contributed by atoms with Crippen LogP contribution in [-0.2, 0) is 0 Å². The Morgan fingerprint density at radius 1 is 1.09 bits per heavy atom. The molecule has 0 N–H and O–H groups in total. The fraction of sp³-hybridized carbons (Fsp3) is 0.800. The second-order valence-corrected chi connectivity index (χ2v) is 5.39. The lowest BCUT2D eigenvalue weighted by atomic mass is 10.2. The first-order chi connectivity index (χ1) is 5.41. The third-order valence-electron chi connectivity index (χ3n) is 1.87. The largest absolute Gasteiger partial charge is 0.0917 e. The molecule has 0 heterocycles. The van der Waals surface area contributed by atoms with E-state index in [-0.39, 0.29) is 0 Å². The highest BCUT2D eigenvalue weighted by Gasteiger charge is 1.82. The zero-order valence-electron chi connectivity index (χ0n) is 8.10. The van der Waals surface area contributed by atoms with Crippen LogP contribution < -0.4 is 0 Å². The van der Waals surface area contributed by atoms with Crippen LogP contribution in [-0.4, -0.2) is 9.52 Å². The molecule has 0 unspecified atom stereocenters. The van der Waals surface area contributed by atoms with Crippen LogP contribution in [0.15, 0.2) is 12.2 Å². The first kappa shape index (κ1) is 11.0. The molecule has 0 saturated carbocycles. The zero-order chi connectivity index (χ0) is 8.36. The highest BCUT2D eigenvalue weighted by molar-refractivity contribution is 6.35. The molecule has 66 valence electrons. The summed E-state index contributed by atoms with van der Waals surface area (Å²) in [6, 6.07) is 2.88. The highest BCUT2D eigenvalue weighted by Crippen LogP contribution is 2.00. The fourth-order valence-corrected chi connectivity index (χ4v) is 1.95. The second-order valence-electron chi connectivity index (χ2n) is 3.11. The van der Waals surface area contributed by atoms with Gasteiger partial charge in [0.1, 0.15) is 0 Å². The van der Waals surface area contributed by atoms with Gasteiger partial charge in [0.05, 0.1) is 0 Å². The average molecular weight is 170 g/mol. The van der Waals surface area contributed by atoms with E-state index in [0.717, 1.165) is 0 Å². The van der Waals surface area contributed by atoms with Gasteiger partial charge in [0.15, 0.2) is 0 Å². The first-order valence-electron chi connectivity index (χ1n) is 5.06. The lowest BCUT2D eigenvalue weighted by Gasteiger charge is -1.91. The first-order valence-corrected chi connectivity index (χ1v) is 7.06. The van der Waals surface area contributed by atoms with Crippen molar-refractivity contribution in [1.82, 2.24) is 0 Å². The Morgan fingerprint density at radius 3 is 2.55 bits per heavy atom. The predicted octanol–water partition coefficient (Wildman–Crippen LogP) is 3.15. The molecule has 0 amide bonds. The minimum atomic E-state index is 0.295. The van der Waals surface area contributed by atoms with Crippen molar-refractivity contribution in [1.29, 1.82) is 0 Å². The lowest BCUT2D eigenvalue weighted by molar-refractivity contribution is 0.729. The molecule has 0 nitrogen and oxygen atoms in total. The van der Waals surface area contributed by atoms with E-state index >= 15 is 0 Å². The molecule has 0 atom stereocenters. The summed E-state index contributed by atoms with van der Waals surface area (Å²) >= 11 is 0. The van der Waals surface area contributed by atoms with E-state index in [4.69, 9.17) is 0 Å². The molecule has 0 aromatic carbocycles.